The Kier molecular flexibility index (Phi) is 10.2. The molecule has 0 radical (unpaired) electrons. The van der Waals surface area contributed by atoms with Gasteiger partial charge in [0.1, 0.15) is 0 Å². The van der Waals surface area contributed by atoms with Crippen LogP contribution in [0.5, 0.6) is 0 Å². The van der Waals surface area contributed by atoms with Crippen molar-refractivity contribution < 1.29 is 0 Å². The van der Waals surface area contributed by atoms with Gasteiger partial charge >= 0.3 is 0 Å². The van der Waals surface area contributed by atoms with Crippen molar-refractivity contribution in [1.82, 2.24) is 9.80 Å². The van der Waals surface area contributed by atoms with Crippen LogP contribution in [0.4, 0.5) is 0 Å². The van der Waals surface area contributed by atoms with E-state index in [0.717, 1.165) is 12.6 Å². The van der Waals surface area contributed by atoms with E-state index >= 15 is 0 Å². The summed E-state index contributed by atoms with van der Waals surface area (Å²) in [5, 5.41) is 0. The van der Waals surface area contributed by atoms with Crippen LogP contribution in [0.3, 0.4) is 0 Å². The molecule has 1 aromatic rings. The Bertz CT molecular complexity index is 387. The van der Waals surface area contributed by atoms with Gasteiger partial charge in [-0.1, -0.05) is 70.4 Å². The summed E-state index contributed by atoms with van der Waals surface area (Å²) >= 11 is 0. The maximum absolute atomic E-state index is 2.70. The normalized spacial score (nSPS) is 19.0. The molecule has 1 aliphatic heterocycles. The standard InChI is InChI=1S/C16H24N2.C3H8.C2H6/c1-14-5-7-15(8-6-14)13-17-9-11-18(12-10-17)16-3-2-4-16;1-3-2;1-2/h5-8,16H,2-4,9-13H2,1H3;3H2,1-2H3;1-2H3. The third-order valence-corrected chi connectivity index (χ3v) is 4.52. The number of benzene rings is 1. The molecule has 1 heterocycles. The summed E-state index contributed by atoms with van der Waals surface area (Å²) in [5.41, 5.74) is 2.81. The summed E-state index contributed by atoms with van der Waals surface area (Å²) in [6, 6.07) is 9.91. The van der Waals surface area contributed by atoms with Crippen molar-refractivity contribution in [1.29, 1.82) is 0 Å². The maximum Gasteiger partial charge on any atom is 0.0234 e. The summed E-state index contributed by atoms with van der Waals surface area (Å²) in [4.78, 5) is 5.30. The first-order valence-corrected chi connectivity index (χ1v) is 9.74. The van der Waals surface area contributed by atoms with Gasteiger partial charge in [-0.25, -0.2) is 0 Å². The third-order valence-electron chi connectivity index (χ3n) is 4.52. The molecule has 23 heavy (non-hydrogen) atoms. The van der Waals surface area contributed by atoms with Crippen molar-refractivity contribution in [2.75, 3.05) is 26.2 Å². The summed E-state index contributed by atoms with van der Waals surface area (Å²) in [7, 11) is 0. The molecule has 1 aliphatic carbocycles. The quantitative estimate of drug-likeness (QED) is 0.764. The highest BCUT2D eigenvalue weighted by atomic mass is 15.3. The SMILES string of the molecule is CC.CCC.Cc1ccc(CN2CCN(C3CCC3)CC2)cc1. The minimum Gasteiger partial charge on any atom is -0.298 e. The van der Waals surface area contributed by atoms with Gasteiger partial charge in [-0.15, -0.1) is 0 Å². The van der Waals surface area contributed by atoms with Gasteiger partial charge in [-0.3, -0.25) is 9.80 Å². The van der Waals surface area contributed by atoms with Crippen LogP contribution >= 0.6 is 0 Å². The van der Waals surface area contributed by atoms with Gasteiger partial charge in [0.2, 0.25) is 0 Å². The fourth-order valence-electron chi connectivity index (χ4n) is 2.99. The molecule has 2 fully saturated rings. The first kappa shape index (κ1) is 20.2. The van der Waals surface area contributed by atoms with Crippen molar-refractivity contribution in [3.8, 4) is 0 Å². The van der Waals surface area contributed by atoms with E-state index in [-0.39, 0.29) is 0 Å². The molecular weight excluding hydrogens is 280 g/mol. The Morgan fingerprint density at radius 3 is 1.87 bits per heavy atom. The molecular formula is C21H38N2. The monoisotopic (exact) mass is 318 g/mol. The lowest BCUT2D eigenvalue weighted by Crippen LogP contribution is -2.51. The van der Waals surface area contributed by atoms with Crippen molar-refractivity contribution >= 4 is 0 Å². The third kappa shape index (κ3) is 7.05. The highest BCUT2D eigenvalue weighted by Gasteiger charge is 2.27. The molecule has 0 spiro atoms. The van der Waals surface area contributed by atoms with Crippen molar-refractivity contribution in [3.63, 3.8) is 0 Å². The van der Waals surface area contributed by atoms with Crippen LogP contribution in [-0.4, -0.2) is 42.0 Å². The number of piperazine rings is 1. The fraction of sp³-hybridized carbons (Fsp3) is 0.714. The number of aryl methyl sites for hydroxylation is 1. The Morgan fingerprint density at radius 2 is 1.43 bits per heavy atom. The molecule has 0 atom stereocenters. The number of nitrogens with zero attached hydrogens (tertiary/aromatic N) is 2. The predicted octanol–water partition coefficient (Wildman–Crippen LogP) is 5.11. The van der Waals surface area contributed by atoms with Crippen molar-refractivity contribution in [2.45, 2.75) is 72.9 Å². The Labute approximate surface area is 144 Å². The lowest BCUT2D eigenvalue weighted by molar-refractivity contribution is 0.0587. The van der Waals surface area contributed by atoms with E-state index in [2.05, 4.69) is 54.8 Å². The Morgan fingerprint density at radius 1 is 0.913 bits per heavy atom. The van der Waals surface area contributed by atoms with Gasteiger partial charge in [0, 0.05) is 38.8 Å². The first-order chi connectivity index (χ1) is 11.2. The molecule has 0 bridgehead atoms. The van der Waals surface area contributed by atoms with E-state index in [1.54, 1.807) is 0 Å². The van der Waals surface area contributed by atoms with E-state index in [0.29, 0.717) is 0 Å². The minimum atomic E-state index is 0.923. The lowest BCUT2D eigenvalue weighted by atomic mass is 9.91. The van der Waals surface area contributed by atoms with Crippen LogP contribution in [0.25, 0.3) is 0 Å². The second-order valence-corrected chi connectivity index (χ2v) is 6.59. The van der Waals surface area contributed by atoms with E-state index < -0.39 is 0 Å². The number of hydrogen-bond acceptors (Lipinski definition) is 2. The van der Waals surface area contributed by atoms with Gasteiger partial charge < -0.3 is 0 Å². The zero-order valence-electron chi connectivity index (χ0n) is 16.1. The molecule has 2 heteroatoms. The molecule has 132 valence electrons. The average Bonchev–Trinajstić information content (AvgIpc) is 2.53. The topological polar surface area (TPSA) is 6.48 Å². The van der Waals surface area contributed by atoms with Crippen LogP contribution in [0.2, 0.25) is 0 Å². The second kappa shape index (κ2) is 11.6. The zero-order chi connectivity index (χ0) is 17.1. The average molecular weight is 319 g/mol. The van der Waals surface area contributed by atoms with Crippen molar-refractivity contribution in [2.24, 2.45) is 0 Å². The molecule has 0 aromatic heterocycles. The van der Waals surface area contributed by atoms with E-state index in [1.165, 1.54) is 63.0 Å². The smallest absolute Gasteiger partial charge is 0.0234 e. The maximum atomic E-state index is 2.70. The highest BCUT2D eigenvalue weighted by molar-refractivity contribution is 5.21. The largest absolute Gasteiger partial charge is 0.298 e. The molecule has 0 amide bonds. The van der Waals surface area contributed by atoms with Gasteiger partial charge in [0.15, 0.2) is 0 Å². The van der Waals surface area contributed by atoms with Crippen molar-refractivity contribution in [3.05, 3.63) is 35.4 Å². The summed E-state index contributed by atoms with van der Waals surface area (Å²) < 4.78 is 0. The van der Waals surface area contributed by atoms with Gasteiger partial charge in [0.25, 0.3) is 0 Å². The zero-order valence-corrected chi connectivity index (χ0v) is 16.1. The van der Waals surface area contributed by atoms with E-state index in [1.807, 2.05) is 13.8 Å². The molecule has 0 N–H and O–H groups in total. The van der Waals surface area contributed by atoms with Crippen LogP contribution in [0.15, 0.2) is 24.3 Å². The number of hydrogen-bond donors (Lipinski definition) is 0. The van der Waals surface area contributed by atoms with Gasteiger partial charge in [-0.2, -0.15) is 0 Å². The predicted molar refractivity (Wildman–Crippen MR) is 103 cm³/mol. The summed E-state index contributed by atoms with van der Waals surface area (Å²) in [6.45, 7) is 16.6. The first-order valence-electron chi connectivity index (χ1n) is 9.74. The second-order valence-electron chi connectivity index (χ2n) is 6.59. The lowest BCUT2D eigenvalue weighted by Gasteiger charge is -2.43. The van der Waals surface area contributed by atoms with Crippen LogP contribution < -0.4 is 0 Å². The van der Waals surface area contributed by atoms with E-state index in [4.69, 9.17) is 0 Å². The van der Waals surface area contributed by atoms with Gasteiger partial charge in [0.05, 0.1) is 0 Å². The van der Waals surface area contributed by atoms with Crippen LogP contribution in [0.1, 0.15) is 64.5 Å². The molecule has 2 nitrogen and oxygen atoms in total. The molecule has 1 saturated carbocycles. The molecule has 3 rings (SSSR count). The molecule has 1 aromatic carbocycles. The molecule has 0 unspecified atom stereocenters. The van der Waals surface area contributed by atoms with Gasteiger partial charge in [-0.05, 0) is 25.3 Å². The fourth-order valence-corrected chi connectivity index (χ4v) is 2.99. The summed E-state index contributed by atoms with van der Waals surface area (Å²) in [6.07, 6.45) is 5.59. The Hall–Kier alpha value is -0.860. The van der Waals surface area contributed by atoms with Crippen LogP contribution in [0, 0.1) is 6.92 Å². The highest BCUT2D eigenvalue weighted by Crippen LogP contribution is 2.25. The van der Waals surface area contributed by atoms with E-state index in [9.17, 15) is 0 Å². The van der Waals surface area contributed by atoms with Crippen LogP contribution in [-0.2, 0) is 6.54 Å². The minimum absolute atomic E-state index is 0.923. The molecule has 2 aliphatic rings. The molecule has 1 saturated heterocycles. The summed E-state index contributed by atoms with van der Waals surface area (Å²) in [5.74, 6) is 0. The Balaban J connectivity index is 0.000000477. The number of rotatable bonds is 3.